The van der Waals surface area contributed by atoms with Crippen molar-refractivity contribution in [2.75, 3.05) is 31.1 Å². The van der Waals surface area contributed by atoms with E-state index in [0.29, 0.717) is 39.4 Å². The molecule has 0 bridgehead atoms. The summed E-state index contributed by atoms with van der Waals surface area (Å²) < 4.78 is 5.31. The van der Waals surface area contributed by atoms with Gasteiger partial charge in [-0.15, -0.1) is 0 Å². The van der Waals surface area contributed by atoms with E-state index in [4.69, 9.17) is 43.6 Å². The van der Waals surface area contributed by atoms with Crippen LogP contribution >= 0.6 is 23.2 Å². The van der Waals surface area contributed by atoms with Crippen molar-refractivity contribution in [2.24, 2.45) is 17.1 Å². The third-order valence-corrected chi connectivity index (χ3v) is 7.45. The summed E-state index contributed by atoms with van der Waals surface area (Å²) in [7, 11) is 0. The molecule has 1 aromatic heterocycles. The molecule has 0 atom stereocenters. The monoisotopic (exact) mass is 462 g/mol. The van der Waals surface area contributed by atoms with E-state index in [1.54, 1.807) is 19.1 Å². The third-order valence-electron chi connectivity index (χ3n) is 6.64. The number of nitrogens with zero attached hydrogens (tertiary/aromatic N) is 3. The van der Waals surface area contributed by atoms with Gasteiger partial charge >= 0.3 is 5.97 Å². The highest BCUT2D eigenvalue weighted by Crippen LogP contribution is 2.51. The van der Waals surface area contributed by atoms with Crippen molar-refractivity contribution in [1.29, 1.82) is 0 Å². The maximum absolute atomic E-state index is 12.8. The number of piperidine rings is 1. The van der Waals surface area contributed by atoms with E-state index in [-0.39, 0.29) is 17.7 Å². The molecule has 1 aliphatic heterocycles. The van der Waals surface area contributed by atoms with E-state index in [2.05, 4.69) is 4.90 Å². The number of halogens is 2. The van der Waals surface area contributed by atoms with Crippen molar-refractivity contribution in [3.63, 3.8) is 0 Å². The van der Waals surface area contributed by atoms with Crippen LogP contribution in [0.25, 0.3) is 11.3 Å². The van der Waals surface area contributed by atoms with Gasteiger partial charge < -0.3 is 15.4 Å². The molecule has 8 heteroatoms. The van der Waals surface area contributed by atoms with Crippen LogP contribution in [0.15, 0.2) is 18.2 Å². The van der Waals surface area contributed by atoms with Crippen molar-refractivity contribution in [1.82, 2.24) is 9.97 Å². The summed E-state index contributed by atoms with van der Waals surface area (Å²) in [4.78, 5) is 24.5. The van der Waals surface area contributed by atoms with E-state index >= 15 is 0 Å². The number of ether oxygens (including phenoxy) is 1. The van der Waals surface area contributed by atoms with Gasteiger partial charge in [-0.3, -0.25) is 0 Å². The molecule has 2 fully saturated rings. The first-order valence-corrected chi connectivity index (χ1v) is 11.6. The number of benzene rings is 1. The number of carbonyl (C=O) groups excluding carboxylic acids is 1. The van der Waals surface area contributed by atoms with Gasteiger partial charge in [0.05, 0.1) is 28.0 Å². The van der Waals surface area contributed by atoms with Gasteiger partial charge in [-0.1, -0.05) is 35.3 Å². The van der Waals surface area contributed by atoms with Gasteiger partial charge in [0, 0.05) is 18.7 Å². The Morgan fingerprint density at radius 3 is 2.58 bits per heavy atom. The molecule has 4 rings (SSSR count). The average Bonchev–Trinajstić information content (AvgIpc) is 3.62. The molecule has 2 aromatic rings. The number of esters is 1. The zero-order valence-electron chi connectivity index (χ0n) is 18.0. The van der Waals surface area contributed by atoms with E-state index in [1.807, 2.05) is 13.0 Å². The molecular formula is C23H28Cl2N4O2. The lowest BCUT2D eigenvalue weighted by molar-refractivity contribution is 0.0519. The fraction of sp³-hybridized carbons (Fsp3) is 0.522. The highest BCUT2D eigenvalue weighted by atomic mass is 35.5. The Bertz CT molecular complexity index is 986. The smallest absolute Gasteiger partial charge is 0.360 e. The molecule has 6 nitrogen and oxygen atoms in total. The van der Waals surface area contributed by atoms with Crippen LogP contribution in [-0.4, -0.2) is 42.2 Å². The zero-order valence-corrected chi connectivity index (χ0v) is 19.5. The molecule has 0 radical (unpaired) electrons. The maximum atomic E-state index is 12.8. The minimum atomic E-state index is -0.484. The molecule has 166 valence electrons. The van der Waals surface area contributed by atoms with E-state index in [0.717, 1.165) is 31.8 Å². The van der Waals surface area contributed by atoms with Crippen molar-refractivity contribution >= 4 is 35.0 Å². The fourth-order valence-corrected chi connectivity index (χ4v) is 5.03. The topological polar surface area (TPSA) is 81.3 Å². The van der Waals surface area contributed by atoms with Crippen LogP contribution < -0.4 is 10.6 Å². The first-order valence-electron chi connectivity index (χ1n) is 10.9. The molecule has 0 amide bonds. The van der Waals surface area contributed by atoms with Gasteiger partial charge in [0.1, 0.15) is 0 Å². The molecule has 2 aliphatic rings. The first kappa shape index (κ1) is 22.3. The summed E-state index contributed by atoms with van der Waals surface area (Å²) in [6.07, 6.45) is 4.55. The van der Waals surface area contributed by atoms with Crippen LogP contribution in [0.1, 0.15) is 48.8 Å². The standard InChI is InChI=1S/C23H28Cl2N4O2/c1-3-31-22(30)20-21(29-11-9-23(13-26,10-12-29)15-7-8-15)27-14(2)19(28-20)16-5-4-6-17(24)18(16)25/h4-6,15H,3,7-13,26H2,1-2H3. The number of nitrogens with two attached hydrogens (primary N) is 1. The lowest BCUT2D eigenvalue weighted by Crippen LogP contribution is -2.46. The van der Waals surface area contributed by atoms with Crippen molar-refractivity contribution in [2.45, 2.75) is 39.5 Å². The first-order chi connectivity index (χ1) is 14.9. The Morgan fingerprint density at radius 2 is 1.97 bits per heavy atom. The van der Waals surface area contributed by atoms with Gasteiger partial charge in [0.15, 0.2) is 11.5 Å². The molecule has 1 aromatic carbocycles. The largest absolute Gasteiger partial charge is 0.461 e. The number of aromatic nitrogens is 2. The van der Waals surface area contributed by atoms with E-state index in [1.165, 1.54) is 12.8 Å². The molecule has 1 saturated carbocycles. The second-order valence-corrected chi connectivity index (χ2v) is 9.26. The average molecular weight is 463 g/mol. The normalized spacial score (nSPS) is 18.2. The fourth-order valence-electron chi connectivity index (χ4n) is 4.64. The predicted molar refractivity (Wildman–Crippen MR) is 124 cm³/mol. The van der Waals surface area contributed by atoms with Gasteiger partial charge in [0.25, 0.3) is 0 Å². The highest BCUT2D eigenvalue weighted by molar-refractivity contribution is 6.43. The zero-order chi connectivity index (χ0) is 22.2. The van der Waals surface area contributed by atoms with Crippen molar-refractivity contribution in [3.05, 3.63) is 39.6 Å². The summed E-state index contributed by atoms with van der Waals surface area (Å²) in [6.45, 7) is 6.22. The molecule has 2 heterocycles. The lowest BCUT2D eigenvalue weighted by Gasteiger charge is -2.42. The molecule has 2 N–H and O–H groups in total. The van der Waals surface area contributed by atoms with Crippen LogP contribution in [0.2, 0.25) is 10.0 Å². The van der Waals surface area contributed by atoms with Crippen LogP contribution in [0.5, 0.6) is 0 Å². The van der Waals surface area contributed by atoms with Crippen LogP contribution in [0, 0.1) is 18.3 Å². The van der Waals surface area contributed by atoms with Gasteiger partial charge in [0.2, 0.25) is 0 Å². The number of carbonyl (C=O) groups is 1. The summed E-state index contributed by atoms with van der Waals surface area (Å²) >= 11 is 12.6. The Labute approximate surface area is 193 Å². The molecule has 31 heavy (non-hydrogen) atoms. The summed E-state index contributed by atoms with van der Waals surface area (Å²) in [6, 6.07) is 5.34. The predicted octanol–water partition coefficient (Wildman–Crippen LogP) is 4.89. The van der Waals surface area contributed by atoms with E-state index < -0.39 is 5.97 Å². The minimum absolute atomic E-state index is 0.213. The SMILES string of the molecule is CCOC(=O)c1nc(-c2cccc(Cl)c2Cl)c(C)nc1N1CCC(CN)(C2CC2)CC1. The quantitative estimate of drug-likeness (QED) is 0.615. The van der Waals surface area contributed by atoms with Crippen LogP contribution in [0.3, 0.4) is 0 Å². The molecular weight excluding hydrogens is 435 g/mol. The number of hydrogen-bond donors (Lipinski definition) is 1. The lowest BCUT2D eigenvalue weighted by atomic mass is 9.74. The summed E-state index contributed by atoms with van der Waals surface area (Å²) in [5.74, 6) is 0.825. The summed E-state index contributed by atoms with van der Waals surface area (Å²) in [5, 5.41) is 0.815. The van der Waals surface area contributed by atoms with Crippen molar-refractivity contribution < 1.29 is 9.53 Å². The number of aryl methyl sites for hydroxylation is 1. The molecule has 0 unspecified atom stereocenters. The van der Waals surface area contributed by atoms with Gasteiger partial charge in [-0.25, -0.2) is 14.8 Å². The molecule has 1 saturated heterocycles. The number of hydrogen-bond acceptors (Lipinski definition) is 6. The van der Waals surface area contributed by atoms with Crippen molar-refractivity contribution in [3.8, 4) is 11.3 Å². The maximum Gasteiger partial charge on any atom is 0.360 e. The van der Waals surface area contributed by atoms with Gasteiger partial charge in [-0.05, 0) is 63.5 Å². The van der Waals surface area contributed by atoms with E-state index in [9.17, 15) is 4.79 Å². The molecule has 0 spiro atoms. The van der Waals surface area contributed by atoms with Crippen LogP contribution in [-0.2, 0) is 4.74 Å². The van der Waals surface area contributed by atoms with Gasteiger partial charge in [-0.2, -0.15) is 0 Å². The third kappa shape index (κ3) is 4.26. The number of anilines is 1. The van der Waals surface area contributed by atoms with Crippen LogP contribution in [0.4, 0.5) is 5.82 Å². The second-order valence-electron chi connectivity index (χ2n) is 8.48. The Balaban J connectivity index is 1.71. The Kier molecular flexibility index (Phi) is 6.42. The second kappa shape index (κ2) is 8.93. The highest BCUT2D eigenvalue weighted by Gasteiger charge is 2.46. The molecule has 1 aliphatic carbocycles. The number of rotatable bonds is 6. The Hall–Kier alpha value is -1.89. The minimum Gasteiger partial charge on any atom is -0.461 e. The Morgan fingerprint density at radius 1 is 1.26 bits per heavy atom. The summed E-state index contributed by atoms with van der Waals surface area (Å²) in [5.41, 5.74) is 8.47.